The molecular formula is C11H16N2O5S. The van der Waals surface area contributed by atoms with Gasteiger partial charge in [-0.1, -0.05) is 11.8 Å². The van der Waals surface area contributed by atoms with Gasteiger partial charge in [0.15, 0.2) is 0 Å². The van der Waals surface area contributed by atoms with Crippen LogP contribution in [0.15, 0.2) is 16.0 Å². The number of nitrogens with one attached hydrogen (secondary N) is 1. The molecule has 106 valence electrons. The van der Waals surface area contributed by atoms with Gasteiger partial charge in [-0.25, -0.2) is 9.78 Å². The van der Waals surface area contributed by atoms with E-state index < -0.39 is 16.9 Å². The van der Waals surface area contributed by atoms with Crippen molar-refractivity contribution in [2.24, 2.45) is 0 Å². The zero-order valence-electron chi connectivity index (χ0n) is 10.7. The molecule has 8 heteroatoms. The molecule has 0 saturated carbocycles. The minimum atomic E-state index is -1.00. The van der Waals surface area contributed by atoms with Crippen LogP contribution in [0.3, 0.4) is 0 Å². The van der Waals surface area contributed by atoms with Gasteiger partial charge < -0.3 is 19.6 Å². The summed E-state index contributed by atoms with van der Waals surface area (Å²) in [6, 6.07) is 0. The number of nitrogens with zero attached hydrogens (tertiary/aromatic N) is 1. The van der Waals surface area contributed by atoms with E-state index in [4.69, 9.17) is 14.6 Å². The number of hydrogen-bond donors (Lipinski definition) is 2. The number of hydrogen-bond acceptors (Lipinski definition) is 6. The van der Waals surface area contributed by atoms with Gasteiger partial charge in [0.05, 0.1) is 24.8 Å². The Hall–Kier alpha value is -1.38. The molecule has 0 bridgehead atoms. The van der Waals surface area contributed by atoms with Crippen molar-refractivity contribution in [3.05, 3.63) is 22.2 Å². The molecule has 2 N–H and O–H groups in total. The minimum absolute atomic E-state index is 0.0349. The zero-order chi connectivity index (χ0) is 14.3. The van der Waals surface area contributed by atoms with Crippen LogP contribution in [0, 0.1) is 6.92 Å². The molecular weight excluding hydrogens is 272 g/mol. The Kier molecular flexibility index (Phi) is 6.54. The van der Waals surface area contributed by atoms with Crippen molar-refractivity contribution in [2.45, 2.75) is 17.2 Å². The van der Waals surface area contributed by atoms with E-state index in [2.05, 4.69) is 9.97 Å². The number of thioether (sulfide) groups is 1. The van der Waals surface area contributed by atoms with Crippen LogP contribution in [0.5, 0.6) is 0 Å². The highest BCUT2D eigenvalue weighted by Crippen LogP contribution is 2.23. The fourth-order valence-electron chi connectivity index (χ4n) is 1.20. The third kappa shape index (κ3) is 5.41. The number of H-pyrrole nitrogens is 1. The fourth-order valence-corrected chi connectivity index (χ4v) is 2.13. The number of carbonyl (C=O) groups is 1. The number of methoxy groups -OCH3 is 1. The number of carboxylic acids is 1. The number of aryl methyl sites for hydroxylation is 1. The second kappa shape index (κ2) is 7.93. The molecule has 1 aromatic rings. The molecule has 0 aliphatic heterocycles. The molecule has 0 aliphatic rings. The summed E-state index contributed by atoms with van der Waals surface area (Å²) < 4.78 is 10.0. The summed E-state index contributed by atoms with van der Waals surface area (Å²) in [5, 5.41) is 8.80. The molecule has 0 radical (unpaired) electrons. The molecule has 19 heavy (non-hydrogen) atoms. The largest absolute Gasteiger partial charge is 0.480 e. The SMILES string of the molecule is COCCOCC(Sc1[nH]c(=O)ncc1C)C(=O)O. The number of ether oxygens (including phenoxy) is 2. The molecule has 7 nitrogen and oxygen atoms in total. The van der Waals surface area contributed by atoms with Gasteiger partial charge in [0, 0.05) is 13.3 Å². The standard InChI is InChI=1S/C11H16N2O5S/c1-7-5-12-11(16)13-9(7)19-8(10(14)15)6-18-4-3-17-2/h5,8H,3-4,6H2,1-2H3,(H,14,15)(H,12,13,16). The van der Waals surface area contributed by atoms with Gasteiger partial charge >= 0.3 is 11.7 Å². The lowest BCUT2D eigenvalue weighted by Crippen LogP contribution is -2.24. The predicted octanol–water partition coefficient (Wildman–Crippen LogP) is 0.287. The van der Waals surface area contributed by atoms with Gasteiger partial charge in [0.1, 0.15) is 5.25 Å². The van der Waals surface area contributed by atoms with Crippen LogP contribution in [0.1, 0.15) is 5.56 Å². The van der Waals surface area contributed by atoms with Gasteiger partial charge in [-0.3, -0.25) is 4.79 Å². The van der Waals surface area contributed by atoms with Gasteiger partial charge in [-0.2, -0.15) is 0 Å². The summed E-state index contributed by atoms with van der Waals surface area (Å²) in [5.74, 6) is -1.00. The Morgan fingerprint density at radius 1 is 1.58 bits per heavy atom. The molecule has 0 aliphatic carbocycles. The van der Waals surface area contributed by atoms with Gasteiger partial charge in [-0.05, 0) is 12.5 Å². The van der Waals surface area contributed by atoms with Crippen LogP contribution < -0.4 is 5.69 Å². The quantitative estimate of drug-likeness (QED) is 0.402. The normalized spacial score (nSPS) is 12.3. The van der Waals surface area contributed by atoms with Crippen molar-refractivity contribution < 1.29 is 19.4 Å². The number of aliphatic carboxylic acids is 1. The Balaban J connectivity index is 2.65. The van der Waals surface area contributed by atoms with E-state index in [1.807, 2.05) is 0 Å². The molecule has 0 aromatic carbocycles. The van der Waals surface area contributed by atoms with E-state index in [9.17, 15) is 9.59 Å². The predicted molar refractivity (Wildman–Crippen MR) is 69.6 cm³/mol. The van der Waals surface area contributed by atoms with Crippen molar-refractivity contribution >= 4 is 17.7 Å². The minimum Gasteiger partial charge on any atom is -0.480 e. The Bertz CT molecular complexity index is 476. The lowest BCUT2D eigenvalue weighted by Gasteiger charge is -2.13. The summed E-state index contributed by atoms with van der Waals surface area (Å²) in [6.07, 6.45) is 1.41. The van der Waals surface area contributed by atoms with Crippen molar-refractivity contribution in [3.63, 3.8) is 0 Å². The molecule has 1 unspecified atom stereocenters. The van der Waals surface area contributed by atoms with Gasteiger partial charge in [-0.15, -0.1) is 0 Å². The fraction of sp³-hybridized carbons (Fsp3) is 0.545. The highest BCUT2D eigenvalue weighted by Gasteiger charge is 2.20. The zero-order valence-corrected chi connectivity index (χ0v) is 11.5. The first-order valence-corrected chi connectivity index (χ1v) is 6.44. The van der Waals surface area contributed by atoms with Crippen molar-refractivity contribution in [1.29, 1.82) is 0 Å². The number of carboxylic acid groups (broad SMARTS) is 1. The summed E-state index contributed by atoms with van der Waals surface area (Å²) in [6.45, 7) is 2.51. The topological polar surface area (TPSA) is 102 Å². The first-order valence-electron chi connectivity index (χ1n) is 5.56. The highest BCUT2D eigenvalue weighted by molar-refractivity contribution is 8.00. The molecule has 0 amide bonds. The Morgan fingerprint density at radius 3 is 2.95 bits per heavy atom. The average Bonchev–Trinajstić information content (AvgIpc) is 2.37. The van der Waals surface area contributed by atoms with Gasteiger partial charge in [0.2, 0.25) is 0 Å². The lowest BCUT2D eigenvalue weighted by atomic mass is 10.4. The van der Waals surface area contributed by atoms with E-state index in [1.54, 1.807) is 6.92 Å². The molecule has 0 saturated heterocycles. The molecule has 1 atom stereocenters. The van der Waals surface area contributed by atoms with E-state index in [-0.39, 0.29) is 6.61 Å². The van der Waals surface area contributed by atoms with E-state index in [0.29, 0.717) is 23.8 Å². The molecule has 0 fully saturated rings. The molecule has 1 rings (SSSR count). The van der Waals surface area contributed by atoms with E-state index in [1.165, 1.54) is 13.3 Å². The first kappa shape index (κ1) is 15.7. The van der Waals surface area contributed by atoms with Crippen LogP contribution in [-0.2, 0) is 14.3 Å². The van der Waals surface area contributed by atoms with Crippen LogP contribution in [0.4, 0.5) is 0 Å². The molecule has 0 spiro atoms. The van der Waals surface area contributed by atoms with E-state index >= 15 is 0 Å². The average molecular weight is 288 g/mol. The Labute approximate surface area is 114 Å². The monoisotopic (exact) mass is 288 g/mol. The number of aromatic amines is 1. The number of rotatable bonds is 8. The smallest absolute Gasteiger partial charge is 0.345 e. The summed E-state index contributed by atoms with van der Waals surface area (Å²) >= 11 is 1.03. The summed E-state index contributed by atoms with van der Waals surface area (Å²) in [7, 11) is 1.54. The second-order valence-electron chi connectivity index (χ2n) is 3.71. The van der Waals surface area contributed by atoms with Crippen LogP contribution in [0.2, 0.25) is 0 Å². The number of aromatic nitrogens is 2. The van der Waals surface area contributed by atoms with Crippen LogP contribution in [-0.4, -0.2) is 53.2 Å². The van der Waals surface area contributed by atoms with Crippen molar-refractivity contribution in [1.82, 2.24) is 9.97 Å². The Morgan fingerprint density at radius 2 is 2.32 bits per heavy atom. The van der Waals surface area contributed by atoms with Crippen LogP contribution in [0.25, 0.3) is 0 Å². The maximum Gasteiger partial charge on any atom is 0.345 e. The van der Waals surface area contributed by atoms with Crippen LogP contribution >= 0.6 is 11.8 Å². The van der Waals surface area contributed by atoms with Crippen molar-refractivity contribution in [2.75, 3.05) is 26.9 Å². The first-order chi connectivity index (χ1) is 9.04. The third-order valence-corrected chi connectivity index (χ3v) is 3.47. The third-order valence-electron chi connectivity index (χ3n) is 2.19. The second-order valence-corrected chi connectivity index (χ2v) is 4.93. The van der Waals surface area contributed by atoms with Gasteiger partial charge in [0.25, 0.3) is 0 Å². The maximum atomic E-state index is 11.1. The maximum absolute atomic E-state index is 11.1. The molecule has 1 heterocycles. The molecule has 1 aromatic heterocycles. The van der Waals surface area contributed by atoms with E-state index in [0.717, 1.165) is 11.8 Å². The van der Waals surface area contributed by atoms with Crippen molar-refractivity contribution in [3.8, 4) is 0 Å². The summed E-state index contributed by atoms with van der Waals surface area (Å²) in [5.41, 5.74) is 0.213. The lowest BCUT2D eigenvalue weighted by molar-refractivity contribution is -0.137. The summed E-state index contributed by atoms with van der Waals surface area (Å²) in [4.78, 5) is 28.3. The highest BCUT2D eigenvalue weighted by atomic mass is 32.2.